The van der Waals surface area contributed by atoms with E-state index in [1.807, 2.05) is 12.1 Å². The molecule has 20 heavy (non-hydrogen) atoms. The van der Waals surface area contributed by atoms with Crippen molar-refractivity contribution in [1.29, 1.82) is 0 Å². The van der Waals surface area contributed by atoms with Crippen LogP contribution in [0.2, 0.25) is 0 Å². The van der Waals surface area contributed by atoms with Gasteiger partial charge in [-0.2, -0.15) is 0 Å². The first-order chi connectivity index (χ1) is 9.65. The van der Waals surface area contributed by atoms with Crippen molar-refractivity contribution in [2.75, 3.05) is 20.3 Å². The highest BCUT2D eigenvalue weighted by Gasteiger charge is 2.18. The zero-order valence-corrected chi connectivity index (χ0v) is 12.9. The summed E-state index contributed by atoms with van der Waals surface area (Å²) in [4.78, 5) is 0. The molecule has 1 aliphatic heterocycles. The number of fused-ring (bicyclic) bond motifs is 1. The molecule has 4 heteroatoms. The Labute approximate surface area is 121 Å². The van der Waals surface area contributed by atoms with E-state index in [1.54, 1.807) is 7.11 Å². The first-order valence-corrected chi connectivity index (χ1v) is 7.35. The molecule has 1 aromatic rings. The fraction of sp³-hybridized carbons (Fsp3) is 0.625. The van der Waals surface area contributed by atoms with Crippen LogP contribution in [0.3, 0.4) is 0 Å². The molecule has 1 aliphatic rings. The van der Waals surface area contributed by atoms with Crippen molar-refractivity contribution in [3.63, 3.8) is 0 Å². The van der Waals surface area contributed by atoms with E-state index >= 15 is 0 Å². The Bertz CT molecular complexity index is 430. The van der Waals surface area contributed by atoms with Crippen molar-refractivity contribution in [2.24, 2.45) is 5.92 Å². The third kappa shape index (κ3) is 3.37. The summed E-state index contributed by atoms with van der Waals surface area (Å²) in [6.45, 7) is 8.68. The van der Waals surface area contributed by atoms with Gasteiger partial charge in [0, 0.05) is 12.6 Å². The first-order valence-electron chi connectivity index (χ1n) is 7.35. The van der Waals surface area contributed by atoms with E-state index in [0.717, 1.165) is 29.4 Å². The van der Waals surface area contributed by atoms with E-state index in [1.165, 1.54) is 6.42 Å². The third-order valence-electron chi connectivity index (χ3n) is 4.01. The summed E-state index contributed by atoms with van der Waals surface area (Å²) in [6.07, 6.45) is 1.18. The molecule has 1 N–H and O–H groups in total. The molecular weight excluding hydrogens is 254 g/mol. The zero-order chi connectivity index (χ0) is 14.5. The third-order valence-corrected chi connectivity index (χ3v) is 4.01. The van der Waals surface area contributed by atoms with E-state index in [-0.39, 0.29) is 0 Å². The molecule has 2 rings (SSSR count). The second-order valence-corrected chi connectivity index (χ2v) is 5.38. The van der Waals surface area contributed by atoms with Crippen molar-refractivity contribution in [3.8, 4) is 17.2 Å². The van der Waals surface area contributed by atoms with Gasteiger partial charge in [-0.05, 0) is 30.5 Å². The van der Waals surface area contributed by atoms with Gasteiger partial charge in [0.25, 0.3) is 0 Å². The Morgan fingerprint density at radius 2 is 2.00 bits per heavy atom. The van der Waals surface area contributed by atoms with Gasteiger partial charge in [-0.1, -0.05) is 20.3 Å². The molecule has 4 nitrogen and oxygen atoms in total. The van der Waals surface area contributed by atoms with Crippen LogP contribution in [0.5, 0.6) is 17.2 Å². The number of hydrogen-bond donors (Lipinski definition) is 1. The largest absolute Gasteiger partial charge is 0.493 e. The number of benzene rings is 1. The standard InChI is InChI=1S/C16H25NO3/c1-5-11(2)12(3)17-10-13-8-14(18-4)16-15(9-13)19-6-7-20-16/h8-9,11-12,17H,5-7,10H2,1-4H3. The SMILES string of the molecule is CCC(C)C(C)NCc1cc(OC)c2c(c1)OCCO2. The fourth-order valence-corrected chi connectivity index (χ4v) is 2.26. The van der Waals surface area contributed by atoms with Gasteiger partial charge < -0.3 is 19.5 Å². The molecule has 0 radical (unpaired) electrons. The maximum absolute atomic E-state index is 5.65. The van der Waals surface area contributed by atoms with Crippen molar-refractivity contribution in [1.82, 2.24) is 5.32 Å². The monoisotopic (exact) mass is 279 g/mol. The molecule has 1 aromatic carbocycles. The van der Waals surface area contributed by atoms with Crippen LogP contribution in [0.1, 0.15) is 32.8 Å². The second kappa shape index (κ2) is 6.84. The smallest absolute Gasteiger partial charge is 0.203 e. The summed E-state index contributed by atoms with van der Waals surface area (Å²) < 4.78 is 16.7. The van der Waals surface area contributed by atoms with Crippen molar-refractivity contribution in [2.45, 2.75) is 39.8 Å². The summed E-state index contributed by atoms with van der Waals surface area (Å²) in [5, 5.41) is 3.56. The highest BCUT2D eigenvalue weighted by atomic mass is 16.6. The number of ether oxygens (including phenoxy) is 3. The fourth-order valence-electron chi connectivity index (χ4n) is 2.26. The van der Waals surface area contributed by atoms with Crippen LogP contribution in [0, 0.1) is 5.92 Å². The Morgan fingerprint density at radius 1 is 1.25 bits per heavy atom. The van der Waals surface area contributed by atoms with Gasteiger partial charge in [0.05, 0.1) is 7.11 Å². The van der Waals surface area contributed by atoms with E-state index < -0.39 is 0 Å². The van der Waals surface area contributed by atoms with Crippen LogP contribution in [0.25, 0.3) is 0 Å². The summed E-state index contributed by atoms with van der Waals surface area (Å²) in [7, 11) is 1.66. The molecule has 0 aromatic heterocycles. The number of methoxy groups -OCH3 is 1. The number of hydrogen-bond acceptors (Lipinski definition) is 4. The van der Waals surface area contributed by atoms with Crippen LogP contribution < -0.4 is 19.5 Å². The molecule has 0 aliphatic carbocycles. The minimum atomic E-state index is 0.485. The predicted octanol–water partition coefficient (Wildman–Crippen LogP) is 2.99. The predicted molar refractivity (Wildman–Crippen MR) is 79.7 cm³/mol. The van der Waals surface area contributed by atoms with Gasteiger partial charge >= 0.3 is 0 Å². The Balaban J connectivity index is 2.08. The van der Waals surface area contributed by atoms with E-state index in [9.17, 15) is 0 Å². The summed E-state index contributed by atoms with van der Waals surface area (Å²) in [5.74, 6) is 2.91. The maximum Gasteiger partial charge on any atom is 0.203 e. The Kier molecular flexibility index (Phi) is 5.12. The molecular formula is C16H25NO3. The molecule has 0 bridgehead atoms. The molecule has 2 unspecified atom stereocenters. The molecule has 112 valence electrons. The molecule has 0 saturated carbocycles. The first kappa shape index (κ1) is 15.0. The highest BCUT2D eigenvalue weighted by Crippen LogP contribution is 2.40. The maximum atomic E-state index is 5.65. The van der Waals surface area contributed by atoms with Crippen molar-refractivity contribution in [3.05, 3.63) is 17.7 Å². The second-order valence-electron chi connectivity index (χ2n) is 5.38. The van der Waals surface area contributed by atoms with Gasteiger partial charge in [0.2, 0.25) is 5.75 Å². The molecule has 0 fully saturated rings. The minimum absolute atomic E-state index is 0.485. The molecule has 0 amide bonds. The Morgan fingerprint density at radius 3 is 2.70 bits per heavy atom. The molecule has 0 spiro atoms. The van der Waals surface area contributed by atoms with Crippen LogP contribution in [-0.2, 0) is 6.54 Å². The van der Waals surface area contributed by atoms with Gasteiger partial charge in [-0.3, -0.25) is 0 Å². The van der Waals surface area contributed by atoms with Crippen molar-refractivity contribution >= 4 is 0 Å². The van der Waals surface area contributed by atoms with E-state index in [4.69, 9.17) is 14.2 Å². The lowest BCUT2D eigenvalue weighted by molar-refractivity contribution is 0.165. The molecule has 0 saturated heterocycles. The summed E-state index contributed by atoms with van der Waals surface area (Å²) in [6, 6.07) is 4.54. The molecule has 2 atom stereocenters. The average molecular weight is 279 g/mol. The van der Waals surface area contributed by atoms with E-state index in [2.05, 4.69) is 26.1 Å². The van der Waals surface area contributed by atoms with Gasteiger partial charge in [0.15, 0.2) is 11.5 Å². The van der Waals surface area contributed by atoms with Crippen LogP contribution >= 0.6 is 0 Å². The van der Waals surface area contributed by atoms with Gasteiger partial charge in [0.1, 0.15) is 13.2 Å². The zero-order valence-electron chi connectivity index (χ0n) is 12.9. The van der Waals surface area contributed by atoms with Gasteiger partial charge in [-0.15, -0.1) is 0 Å². The van der Waals surface area contributed by atoms with Crippen LogP contribution in [0.15, 0.2) is 12.1 Å². The lowest BCUT2D eigenvalue weighted by Gasteiger charge is -2.23. The van der Waals surface area contributed by atoms with E-state index in [0.29, 0.717) is 25.2 Å². The Hall–Kier alpha value is -1.42. The highest BCUT2D eigenvalue weighted by molar-refractivity contribution is 5.54. The van der Waals surface area contributed by atoms with Crippen molar-refractivity contribution < 1.29 is 14.2 Å². The lowest BCUT2D eigenvalue weighted by atomic mass is 10.0. The summed E-state index contributed by atoms with van der Waals surface area (Å²) >= 11 is 0. The summed E-state index contributed by atoms with van der Waals surface area (Å²) in [5.41, 5.74) is 1.15. The average Bonchev–Trinajstić information content (AvgIpc) is 2.50. The minimum Gasteiger partial charge on any atom is -0.493 e. The van der Waals surface area contributed by atoms with Crippen LogP contribution in [0.4, 0.5) is 0 Å². The van der Waals surface area contributed by atoms with Crippen LogP contribution in [-0.4, -0.2) is 26.4 Å². The van der Waals surface area contributed by atoms with Gasteiger partial charge in [-0.25, -0.2) is 0 Å². The lowest BCUT2D eigenvalue weighted by Crippen LogP contribution is -2.31. The number of nitrogens with one attached hydrogen (secondary N) is 1. The topological polar surface area (TPSA) is 39.7 Å². The quantitative estimate of drug-likeness (QED) is 0.869. The molecule has 1 heterocycles. The normalized spacial score (nSPS) is 16.6. The number of rotatable bonds is 6.